The fourth-order valence-corrected chi connectivity index (χ4v) is 7.97. The minimum Gasteiger partial charge on any atom is -0.462 e. The van der Waals surface area contributed by atoms with E-state index in [1.807, 2.05) is 36.4 Å². The van der Waals surface area contributed by atoms with Gasteiger partial charge < -0.3 is 29.0 Å². The van der Waals surface area contributed by atoms with Crippen LogP contribution in [0.3, 0.4) is 0 Å². The number of carbonyl (C=O) groups is 5. The Morgan fingerprint density at radius 3 is 1.95 bits per heavy atom. The van der Waals surface area contributed by atoms with Crippen molar-refractivity contribution in [1.29, 1.82) is 0 Å². The van der Waals surface area contributed by atoms with E-state index < -0.39 is 65.7 Å². The Labute approximate surface area is 324 Å². The number of ether oxygens (including phenoxy) is 5. The van der Waals surface area contributed by atoms with E-state index in [-0.39, 0.29) is 38.2 Å². The van der Waals surface area contributed by atoms with Crippen LogP contribution in [0.25, 0.3) is 11.1 Å². The molecule has 1 saturated carbocycles. The van der Waals surface area contributed by atoms with Crippen LogP contribution in [0, 0.1) is 5.92 Å². The van der Waals surface area contributed by atoms with Gasteiger partial charge in [0.1, 0.15) is 37.0 Å². The van der Waals surface area contributed by atoms with Crippen molar-refractivity contribution >= 4 is 29.9 Å². The summed E-state index contributed by atoms with van der Waals surface area (Å²) in [6.45, 7) is 9.01. The first-order valence-corrected chi connectivity index (χ1v) is 19.8. The Morgan fingerprint density at radius 1 is 0.800 bits per heavy atom. The lowest BCUT2D eigenvalue weighted by Crippen LogP contribution is -2.56. The van der Waals surface area contributed by atoms with Gasteiger partial charge in [0, 0.05) is 32.1 Å². The predicted octanol–water partition coefficient (Wildman–Crippen LogP) is 6.86. The normalized spacial score (nSPS) is 20.7. The van der Waals surface area contributed by atoms with Crippen molar-refractivity contribution in [2.75, 3.05) is 19.8 Å². The van der Waals surface area contributed by atoms with Gasteiger partial charge in [-0.1, -0.05) is 94.0 Å². The van der Waals surface area contributed by atoms with Crippen molar-refractivity contribution in [3.05, 3.63) is 59.7 Å². The molecule has 0 radical (unpaired) electrons. The monoisotopic (exact) mass is 762 g/mol. The molecule has 2 aromatic rings. The third kappa shape index (κ3) is 11.3. The molecule has 0 aromatic heterocycles. The highest BCUT2D eigenvalue weighted by Crippen LogP contribution is 2.44. The number of hydrogen-bond donors (Lipinski definition) is 1. The molecule has 0 bridgehead atoms. The van der Waals surface area contributed by atoms with Crippen molar-refractivity contribution in [3.8, 4) is 11.1 Å². The second kappa shape index (κ2) is 18.9. The number of rotatable bonds is 12. The predicted molar refractivity (Wildman–Crippen MR) is 205 cm³/mol. The molecular formula is C43H58N2O10. The van der Waals surface area contributed by atoms with E-state index in [2.05, 4.69) is 17.4 Å². The first-order chi connectivity index (χ1) is 26.2. The summed E-state index contributed by atoms with van der Waals surface area (Å²) < 4.78 is 29.1. The Morgan fingerprint density at radius 2 is 1.38 bits per heavy atom. The van der Waals surface area contributed by atoms with Crippen LogP contribution in [-0.4, -0.2) is 90.6 Å². The molecule has 300 valence electrons. The highest BCUT2D eigenvalue weighted by Gasteiger charge is 2.45. The Hall–Kier alpha value is -4.45. The molecule has 2 aliphatic carbocycles. The van der Waals surface area contributed by atoms with E-state index >= 15 is 0 Å². The summed E-state index contributed by atoms with van der Waals surface area (Å²) in [6, 6.07) is 13.8. The standard InChI is InChI=1S/C43H58N2O10/c1-27(38(53-29(3)47)26-51-28(2)46)39(41(49)55-43(4,5)6)44-40(48)37-23-31(54-30-17-11-9-7-8-10-12-18-30)24-45(37)42(50)52-25-36-34-21-15-13-19-32(34)33-20-14-16-22-35(33)36/h13-16,19-22,27,30-31,36-39H,7-12,17-18,23-26H2,1-6H3,(H,44,48)/t27-,31+,37-,38-,39-/m0/s1. The lowest BCUT2D eigenvalue weighted by Gasteiger charge is -2.33. The van der Waals surface area contributed by atoms with Crippen LogP contribution in [0.2, 0.25) is 0 Å². The zero-order valence-corrected chi connectivity index (χ0v) is 33.2. The van der Waals surface area contributed by atoms with Crippen LogP contribution >= 0.6 is 0 Å². The highest BCUT2D eigenvalue weighted by molar-refractivity contribution is 5.90. The number of nitrogens with zero attached hydrogens (tertiary/aromatic N) is 1. The second-order valence-electron chi connectivity index (χ2n) is 16.1. The lowest BCUT2D eigenvalue weighted by molar-refractivity contribution is -0.168. The number of esters is 3. The Bertz CT molecular complexity index is 1610. The van der Waals surface area contributed by atoms with Gasteiger partial charge in [-0.05, 0) is 55.9 Å². The van der Waals surface area contributed by atoms with E-state index in [4.69, 9.17) is 23.7 Å². The van der Waals surface area contributed by atoms with Crippen LogP contribution in [0.1, 0.15) is 116 Å². The molecule has 55 heavy (non-hydrogen) atoms. The molecule has 1 heterocycles. The molecule has 3 aliphatic rings. The van der Waals surface area contributed by atoms with Crippen LogP contribution in [0.5, 0.6) is 0 Å². The Kier molecular flexibility index (Phi) is 14.4. The molecule has 1 saturated heterocycles. The number of nitrogens with one attached hydrogen (secondary N) is 1. The van der Waals surface area contributed by atoms with Gasteiger partial charge in [-0.3, -0.25) is 19.3 Å². The minimum atomic E-state index is -1.33. The van der Waals surface area contributed by atoms with Crippen LogP contribution in [0.4, 0.5) is 4.79 Å². The Balaban J connectivity index is 1.39. The highest BCUT2D eigenvalue weighted by atomic mass is 16.6. The van der Waals surface area contributed by atoms with Gasteiger partial charge >= 0.3 is 24.0 Å². The van der Waals surface area contributed by atoms with Gasteiger partial charge in [0.15, 0.2) is 0 Å². The van der Waals surface area contributed by atoms with Crippen molar-refractivity contribution in [3.63, 3.8) is 0 Å². The zero-order chi connectivity index (χ0) is 39.7. The van der Waals surface area contributed by atoms with Crippen molar-refractivity contribution in [2.45, 2.75) is 141 Å². The number of amides is 2. The molecule has 0 spiro atoms. The maximum atomic E-state index is 14.4. The molecular weight excluding hydrogens is 704 g/mol. The van der Waals surface area contributed by atoms with Gasteiger partial charge in [-0.25, -0.2) is 9.59 Å². The number of hydrogen-bond acceptors (Lipinski definition) is 10. The van der Waals surface area contributed by atoms with Gasteiger partial charge in [-0.2, -0.15) is 0 Å². The summed E-state index contributed by atoms with van der Waals surface area (Å²) in [5.41, 5.74) is 3.42. The maximum Gasteiger partial charge on any atom is 0.410 e. The molecule has 12 heteroatoms. The topological polar surface area (TPSA) is 147 Å². The number of benzene rings is 2. The van der Waals surface area contributed by atoms with E-state index in [1.54, 1.807) is 27.7 Å². The van der Waals surface area contributed by atoms with Crippen LogP contribution in [0.15, 0.2) is 48.5 Å². The zero-order valence-electron chi connectivity index (χ0n) is 33.2. The molecule has 1 aliphatic heterocycles. The van der Waals surface area contributed by atoms with Crippen molar-refractivity contribution < 1.29 is 47.7 Å². The van der Waals surface area contributed by atoms with Gasteiger partial charge in [0.2, 0.25) is 5.91 Å². The van der Waals surface area contributed by atoms with Crippen LogP contribution < -0.4 is 5.32 Å². The summed E-state index contributed by atoms with van der Waals surface area (Å²) in [6.07, 6.45) is 6.71. The quantitative estimate of drug-likeness (QED) is 0.180. The molecule has 5 rings (SSSR count). The van der Waals surface area contributed by atoms with Crippen molar-refractivity contribution in [2.24, 2.45) is 5.92 Å². The van der Waals surface area contributed by atoms with Gasteiger partial charge in [-0.15, -0.1) is 0 Å². The molecule has 1 N–H and O–H groups in total. The number of likely N-dealkylation sites (tertiary alicyclic amines) is 1. The van der Waals surface area contributed by atoms with Crippen LogP contribution in [-0.2, 0) is 42.9 Å². The summed E-state index contributed by atoms with van der Waals surface area (Å²) >= 11 is 0. The summed E-state index contributed by atoms with van der Waals surface area (Å²) in [5.74, 6) is -3.69. The number of fused-ring (bicyclic) bond motifs is 3. The van der Waals surface area contributed by atoms with E-state index in [0.717, 1.165) is 60.8 Å². The fourth-order valence-electron chi connectivity index (χ4n) is 7.97. The summed E-state index contributed by atoms with van der Waals surface area (Å²) in [5, 5.41) is 2.83. The van der Waals surface area contributed by atoms with E-state index in [0.29, 0.717) is 0 Å². The largest absolute Gasteiger partial charge is 0.462 e. The number of carbonyl (C=O) groups excluding carboxylic acids is 5. The molecule has 12 nitrogen and oxygen atoms in total. The average Bonchev–Trinajstić information content (AvgIpc) is 3.73. The third-order valence-electron chi connectivity index (χ3n) is 10.7. The average molecular weight is 763 g/mol. The molecule has 2 aromatic carbocycles. The SMILES string of the molecule is CC(=O)OC[C@H](OC(C)=O)[C@H](C)[C@H](NC(=O)[C@@H]1C[C@@H](OC2CCCCCCCC2)CN1C(=O)OCC1c2ccccc2-c2ccccc21)C(=O)OC(C)(C)C. The summed E-state index contributed by atoms with van der Waals surface area (Å²) in [4.78, 5) is 67.5. The molecule has 2 fully saturated rings. The molecule has 0 unspecified atom stereocenters. The third-order valence-corrected chi connectivity index (χ3v) is 10.7. The first-order valence-electron chi connectivity index (χ1n) is 19.8. The molecule has 5 atom stereocenters. The van der Waals surface area contributed by atoms with E-state index in [9.17, 15) is 24.0 Å². The molecule has 2 amide bonds. The van der Waals surface area contributed by atoms with Gasteiger partial charge in [0.05, 0.1) is 18.8 Å². The van der Waals surface area contributed by atoms with Gasteiger partial charge in [0.25, 0.3) is 0 Å². The summed E-state index contributed by atoms with van der Waals surface area (Å²) in [7, 11) is 0. The smallest absolute Gasteiger partial charge is 0.410 e. The van der Waals surface area contributed by atoms with E-state index in [1.165, 1.54) is 31.6 Å². The first kappa shape index (κ1) is 41.7. The maximum absolute atomic E-state index is 14.4. The second-order valence-corrected chi connectivity index (χ2v) is 16.1. The lowest BCUT2D eigenvalue weighted by atomic mass is 9.94. The van der Waals surface area contributed by atoms with Crippen molar-refractivity contribution in [1.82, 2.24) is 10.2 Å². The minimum absolute atomic E-state index is 0.00886. The fraction of sp³-hybridized carbons (Fsp3) is 0.605.